The highest BCUT2D eigenvalue weighted by atomic mass is 19.1. The lowest BCUT2D eigenvalue weighted by molar-refractivity contribution is -0.136. The fourth-order valence-corrected chi connectivity index (χ4v) is 2.28. The number of benzene rings is 2. The number of methoxy groups -OCH3 is 1. The van der Waals surface area contributed by atoms with Gasteiger partial charge in [-0.15, -0.1) is 0 Å². The van der Waals surface area contributed by atoms with Crippen LogP contribution in [0.5, 0.6) is 11.5 Å². The van der Waals surface area contributed by atoms with Crippen molar-refractivity contribution in [1.82, 2.24) is 4.90 Å². The van der Waals surface area contributed by atoms with Crippen LogP contribution in [-0.4, -0.2) is 43.5 Å². The minimum atomic E-state index is -0.446. The number of ether oxygens (including phenoxy) is 2. The third-order valence-corrected chi connectivity index (χ3v) is 3.61. The summed E-state index contributed by atoms with van der Waals surface area (Å²) in [7, 11) is 1.51. The number of amides is 2. The standard InChI is InChI=1S/C19H21FN2O4/c1-3-22(19(24)13-26-15-8-6-7-14(20)11-15)12-18(23)21-16-9-4-5-10-17(16)25-2/h4-11H,3,12-13H2,1-2H3,(H,21,23). The van der Waals surface area contributed by atoms with Crippen LogP contribution in [0.2, 0.25) is 0 Å². The van der Waals surface area contributed by atoms with Gasteiger partial charge in [0.1, 0.15) is 17.3 Å². The van der Waals surface area contributed by atoms with Crippen LogP contribution in [0.15, 0.2) is 48.5 Å². The molecule has 1 N–H and O–H groups in total. The van der Waals surface area contributed by atoms with E-state index in [1.807, 2.05) is 0 Å². The first-order valence-electron chi connectivity index (χ1n) is 8.12. The second-order valence-electron chi connectivity index (χ2n) is 5.40. The van der Waals surface area contributed by atoms with Gasteiger partial charge in [0.05, 0.1) is 19.3 Å². The molecular weight excluding hydrogens is 339 g/mol. The molecule has 0 saturated heterocycles. The van der Waals surface area contributed by atoms with Gasteiger partial charge in [-0.05, 0) is 31.2 Å². The predicted octanol–water partition coefficient (Wildman–Crippen LogP) is 2.70. The summed E-state index contributed by atoms with van der Waals surface area (Å²) < 4.78 is 23.6. The topological polar surface area (TPSA) is 67.9 Å². The minimum absolute atomic E-state index is 0.125. The molecule has 2 aromatic rings. The molecule has 0 heterocycles. The van der Waals surface area contributed by atoms with E-state index >= 15 is 0 Å². The van der Waals surface area contributed by atoms with Crippen molar-refractivity contribution >= 4 is 17.5 Å². The van der Waals surface area contributed by atoms with E-state index in [9.17, 15) is 14.0 Å². The van der Waals surface area contributed by atoms with Gasteiger partial charge in [-0.2, -0.15) is 0 Å². The summed E-state index contributed by atoms with van der Waals surface area (Å²) in [4.78, 5) is 25.8. The van der Waals surface area contributed by atoms with Crippen LogP contribution in [0, 0.1) is 5.82 Å². The molecule has 0 fully saturated rings. The van der Waals surface area contributed by atoms with E-state index in [4.69, 9.17) is 9.47 Å². The number of hydrogen-bond donors (Lipinski definition) is 1. The van der Waals surface area contributed by atoms with Crippen LogP contribution < -0.4 is 14.8 Å². The number of nitrogens with one attached hydrogen (secondary N) is 1. The fraction of sp³-hybridized carbons (Fsp3) is 0.263. The van der Waals surface area contributed by atoms with Crippen LogP contribution in [0.3, 0.4) is 0 Å². The number of hydrogen-bond acceptors (Lipinski definition) is 4. The maximum absolute atomic E-state index is 13.1. The lowest BCUT2D eigenvalue weighted by Crippen LogP contribution is -2.40. The molecule has 0 aromatic heterocycles. The van der Waals surface area contributed by atoms with Gasteiger partial charge >= 0.3 is 0 Å². The van der Waals surface area contributed by atoms with Crippen molar-refractivity contribution < 1.29 is 23.5 Å². The molecule has 0 bridgehead atoms. The molecule has 138 valence electrons. The van der Waals surface area contributed by atoms with E-state index in [1.54, 1.807) is 37.3 Å². The summed E-state index contributed by atoms with van der Waals surface area (Å²) >= 11 is 0. The summed E-state index contributed by atoms with van der Waals surface area (Å²) in [5.74, 6) is -0.376. The molecule has 0 radical (unpaired) electrons. The van der Waals surface area contributed by atoms with E-state index in [1.165, 1.54) is 30.2 Å². The fourth-order valence-electron chi connectivity index (χ4n) is 2.28. The third-order valence-electron chi connectivity index (χ3n) is 3.61. The molecule has 2 amide bonds. The van der Waals surface area contributed by atoms with E-state index in [0.717, 1.165) is 0 Å². The van der Waals surface area contributed by atoms with Crippen molar-refractivity contribution in [1.29, 1.82) is 0 Å². The van der Waals surface area contributed by atoms with Crippen molar-refractivity contribution in [2.24, 2.45) is 0 Å². The van der Waals surface area contributed by atoms with Gasteiger partial charge in [-0.1, -0.05) is 18.2 Å². The molecule has 0 aliphatic heterocycles. The van der Waals surface area contributed by atoms with E-state index < -0.39 is 5.82 Å². The zero-order chi connectivity index (χ0) is 18.9. The molecule has 0 unspecified atom stereocenters. The van der Waals surface area contributed by atoms with Gasteiger partial charge < -0.3 is 19.7 Å². The Morgan fingerprint density at radius 2 is 1.92 bits per heavy atom. The molecule has 7 heteroatoms. The first-order chi connectivity index (χ1) is 12.5. The van der Waals surface area contributed by atoms with Crippen molar-refractivity contribution in [3.63, 3.8) is 0 Å². The molecule has 6 nitrogen and oxygen atoms in total. The van der Waals surface area contributed by atoms with Gasteiger partial charge in [0.25, 0.3) is 5.91 Å². The maximum atomic E-state index is 13.1. The summed E-state index contributed by atoms with van der Waals surface area (Å²) in [6, 6.07) is 12.5. The van der Waals surface area contributed by atoms with Gasteiger partial charge in [0.15, 0.2) is 6.61 Å². The SMILES string of the molecule is CCN(CC(=O)Nc1ccccc1OC)C(=O)COc1cccc(F)c1. The van der Waals surface area contributed by atoms with Crippen molar-refractivity contribution in [3.05, 3.63) is 54.3 Å². The Labute approximate surface area is 151 Å². The van der Waals surface area contributed by atoms with Gasteiger partial charge in [0.2, 0.25) is 5.91 Å². The van der Waals surface area contributed by atoms with Gasteiger partial charge in [0, 0.05) is 12.6 Å². The molecule has 0 atom stereocenters. The Morgan fingerprint density at radius 1 is 1.15 bits per heavy atom. The summed E-state index contributed by atoms with van der Waals surface area (Å²) in [5, 5.41) is 2.71. The van der Waals surface area contributed by atoms with Crippen LogP contribution in [0.25, 0.3) is 0 Å². The average Bonchev–Trinajstić information content (AvgIpc) is 2.64. The largest absolute Gasteiger partial charge is 0.495 e. The van der Waals surface area contributed by atoms with Crippen molar-refractivity contribution in [2.75, 3.05) is 32.1 Å². The Balaban J connectivity index is 1.90. The molecule has 0 saturated carbocycles. The monoisotopic (exact) mass is 360 g/mol. The quantitative estimate of drug-likeness (QED) is 0.786. The highest BCUT2D eigenvalue weighted by molar-refractivity contribution is 5.95. The Bertz CT molecular complexity index is 767. The highest BCUT2D eigenvalue weighted by Gasteiger charge is 2.17. The second-order valence-corrected chi connectivity index (χ2v) is 5.40. The summed E-state index contributed by atoms with van der Waals surface area (Å²) in [6.07, 6.45) is 0. The van der Waals surface area contributed by atoms with Gasteiger partial charge in [-0.3, -0.25) is 9.59 Å². The number of rotatable bonds is 8. The first-order valence-corrected chi connectivity index (χ1v) is 8.12. The molecule has 0 aliphatic rings. The summed E-state index contributed by atoms with van der Waals surface area (Å²) in [5.41, 5.74) is 0.527. The van der Waals surface area contributed by atoms with Crippen LogP contribution in [0.4, 0.5) is 10.1 Å². The predicted molar refractivity (Wildman–Crippen MR) is 95.8 cm³/mol. The Kier molecular flexibility index (Phi) is 6.96. The zero-order valence-corrected chi connectivity index (χ0v) is 14.7. The number of likely N-dealkylation sites (N-methyl/N-ethyl adjacent to an activating group) is 1. The van der Waals surface area contributed by atoms with Gasteiger partial charge in [-0.25, -0.2) is 4.39 Å². The molecule has 0 aliphatic carbocycles. The Morgan fingerprint density at radius 3 is 2.62 bits per heavy atom. The molecule has 2 aromatic carbocycles. The first kappa shape index (κ1) is 19.2. The Hall–Kier alpha value is -3.09. The van der Waals surface area contributed by atoms with Crippen molar-refractivity contribution in [2.45, 2.75) is 6.92 Å². The zero-order valence-electron chi connectivity index (χ0n) is 14.7. The number of anilines is 1. The lowest BCUT2D eigenvalue weighted by Gasteiger charge is -2.21. The van der Waals surface area contributed by atoms with E-state index in [2.05, 4.69) is 5.32 Å². The van der Waals surface area contributed by atoms with Crippen molar-refractivity contribution in [3.8, 4) is 11.5 Å². The molecular formula is C19H21FN2O4. The number of carbonyl (C=O) groups is 2. The molecule has 0 spiro atoms. The third kappa shape index (κ3) is 5.47. The van der Waals surface area contributed by atoms with E-state index in [0.29, 0.717) is 18.0 Å². The maximum Gasteiger partial charge on any atom is 0.260 e. The van der Waals surface area contributed by atoms with Crippen LogP contribution in [0.1, 0.15) is 6.92 Å². The second kappa shape index (κ2) is 9.41. The molecule has 2 rings (SSSR count). The molecule has 26 heavy (non-hydrogen) atoms. The van der Waals surface area contributed by atoms with E-state index in [-0.39, 0.29) is 30.7 Å². The number of carbonyl (C=O) groups excluding carboxylic acids is 2. The lowest BCUT2D eigenvalue weighted by atomic mass is 10.3. The number of nitrogens with zero attached hydrogens (tertiary/aromatic N) is 1. The smallest absolute Gasteiger partial charge is 0.260 e. The minimum Gasteiger partial charge on any atom is -0.495 e. The van der Waals surface area contributed by atoms with Crippen LogP contribution in [-0.2, 0) is 9.59 Å². The summed E-state index contributed by atoms with van der Waals surface area (Å²) in [6.45, 7) is 1.69. The number of para-hydroxylation sites is 2. The highest BCUT2D eigenvalue weighted by Crippen LogP contribution is 2.22. The normalized spacial score (nSPS) is 10.1. The van der Waals surface area contributed by atoms with Crippen LogP contribution >= 0.6 is 0 Å². The number of halogens is 1. The average molecular weight is 360 g/mol.